The molecule has 0 aromatic heterocycles. The van der Waals surface area contributed by atoms with Crippen LogP contribution in [-0.4, -0.2) is 50.0 Å². The molecule has 14 heavy (non-hydrogen) atoms. The van der Waals surface area contributed by atoms with Crippen molar-refractivity contribution >= 4 is 12.9 Å². The minimum absolute atomic E-state index is 0.0541. The molecule has 1 saturated heterocycles. The molecule has 1 aliphatic heterocycles. The lowest BCUT2D eigenvalue weighted by Gasteiger charge is -2.36. The number of amides is 1. The van der Waals surface area contributed by atoms with Gasteiger partial charge in [-0.25, -0.2) is 0 Å². The molecule has 4 nitrogen and oxygen atoms in total. The molecular weight excluding hydrogens is 200 g/mol. The Morgan fingerprint density at radius 3 is 2.71 bits per heavy atom. The van der Waals surface area contributed by atoms with Crippen LogP contribution < -0.4 is 5.73 Å². The first-order valence-corrected chi connectivity index (χ1v) is 4.22. The zero-order chi connectivity index (χ0) is 10.8. The summed E-state index contributed by atoms with van der Waals surface area (Å²) in [5.41, 5.74) is 4.96. The third kappa shape index (κ3) is 3.19. The summed E-state index contributed by atoms with van der Waals surface area (Å²) in [6, 6.07) is -0.952. The van der Waals surface area contributed by atoms with Crippen molar-refractivity contribution in [2.45, 2.75) is 6.04 Å². The first kappa shape index (κ1) is 11.3. The minimum atomic E-state index is -4.92. The molecule has 1 fully saturated rings. The fourth-order valence-corrected chi connectivity index (χ4v) is 1.38. The first-order valence-electron chi connectivity index (χ1n) is 4.22. The summed E-state index contributed by atoms with van der Waals surface area (Å²) in [5, 5.41) is 0. The van der Waals surface area contributed by atoms with E-state index in [4.69, 9.17) is 10.5 Å². The summed E-state index contributed by atoms with van der Waals surface area (Å²) in [6.07, 6.45) is -1.06. The van der Waals surface area contributed by atoms with Crippen molar-refractivity contribution in [3.8, 4) is 0 Å². The largest absolute Gasteiger partial charge is 0.492 e. The van der Waals surface area contributed by atoms with Crippen LogP contribution in [0, 0.1) is 0 Å². The number of hydrogen-bond donors (Lipinski definition) is 1. The molecule has 2 N–H and O–H groups in total. The van der Waals surface area contributed by atoms with E-state index in [1.807, 2.05) is 0 Å². The van der Waals surface area contributed by atoms with Gasteiger partial charge < -0.3 is 28.3 Å². The van der Waals surface area contributed by atoms with Gasteiger partial charge in [-0.15, -0.1) is 0 Å². The number of primary amides is 1. The number of morpholine rings is 1. The van der Waals surface area contributed by atoms with E-state index in [1.165, 1.54) is 0 Å². The van der Waals surface area contributed by atoms with Crippen LogP contribution in [0.4, 0.5) is 12.9 Å². The van der Waals surface area contributed by atoms with Crippen LogP contribution in [0.2, 0.25) is 0 Å². The lowest BCUT2D eigenvalue weighted by atomic mass is 9.90. The van der Waals surface area contributed by atoms with Gasteiger partial charge >= 0.3 is 6.98 Å². The SMILES string of the molecule is NC(=O)C1COCCN1C[B-](F)(F)F. The number of rotatable bonds is 3. The molecule has 0 saturated carbocycles. The van der Waals surface area contributed by atoms with Crippen molar-refractivity contribution in [2.24, 2.45) is 5.73 Å². The predicted molar refractivity (Wildman–Crippen MR) is 44.5 cm³/mol. The smallest absolute Gasteiger partial charge is 0.448 e. The molecule has 1 aliphatic rings. The van der Waals surface area contributed by atoms with Crippen LogP contribution in [0.1, 0.15) is 0 Å². The topological polar surface area (TPSA) is 55.6 Å². The van der Waals surface area contributed by atoms with Gasteiger partial charge in [0.1, 0.15) is 6.04 Å². The van der Waals surface area contributed by atoms with E-state index in [-0.39, 0.29) is 19.8 Å². The van der Waals surface area contributed by atoms with E-state index in [0.29, 0.717) is 0 Å². The van der Waals surface area contributed by atoms with Gasteiger partial charge in [0.2, 0.25) is 5.91 Å². The van der Waals surface area contributed by atoms with Gasteiger partial charge in [-0.1, -0.05) is 0 Å². The number of carbonyl (C=O) groups excluding carboxylic acids is 1. The third-order valence-corrected chi connectivity index (χ3v) is 2.01. The van der Waals surface area contributed by atoms with E-state index < -0.39 is 25.4 Å². The molecule has 1 rings (SSSR count). The van der Waals surface area contributed by atoms with E-state index in [0.717, 1.165) is 4.90 Å². The van der Waals surface area contributed by atoms with Gasteiger partial charge in [0, 0.05) is 6.54 Å². The molecule has 0 aliphatic carbocycles. The number of hydrogen-bond acceptors (Lipinski definition) is 3. The molecule has 0 radical (unpaired) electrons. The minimum Gasteiger partial charge on any atom is -0.448 e. The van der Waals surface area contributed by atoms with E-state index in [1.54, 1.807) is 0 Å². The Bertz CT molecular complexity index is 224. The summed E-state index contributed by atoms with van der Waals surface area (Å²) in [5.74, 6) is -0.773. The highest BCUT2D eigenvalue weighted by Crippen LogP contribution is 2.15. The molecule has 1 atom stereocenters. The van der Waals surface area contributed by atoms with E-state index in [2.05, 4.69) is 0 Å². The maximum absolute atomic E-state index is 12.1. The predicted octanol–water partition coefficient (Wildman–Crippen LogP) is -0.441. The zero-order valence-corrected chi connectivity index (χ0v) is 7.46. The van der Waals surface area contributed by atoms with Crippen LogP contribution in [0.5, 0.6) is 0 Å². The first-order chi connectivity index (χ1) is 6.40. The summed E-state index contributed by atoms with van der Waals surface area (Å²) in [4.78, 5) is 11.8. The highest BCUT2D eigenvalue weighted by atomic mass is 19.4. The summed E-state index contributed by atoms with van der Waals surface area (Å²) < 4.78 is 41.2. The van der Waals surface area contributed by atoms with Crippen LogP contribution in [0.3, 0.4) is 0 Å². The number of ether oxygens (including phenoxy) is 1. The fraction of sp³-hybridized carbons (Fsp3) is 0.833. The average Bonchev–Trinajstić information content (AvgIpc) is 2.01. The Morgan fingerprint density at radius 1 is 1.57 bits per heavy atom. The quantitative estimate of drug-likeness (QED) is 0.643. The number of carbonyl (C=O) groups is 1. The Morgan fingerprint density at radius 2 is 2.21 bits per heavy atom. The molecular formula is C6H11BF3N2O2-. The average molecular weight is 211 g/mol. The Kier molecular flexibility index (Phi) is 3.38. The van der Waals surface area contributed by atoms with Crippen LogP contribution in [-0.2, 0) is 9.53 Å². The second-order valence-electron chi connectivity index (χ2n) is 3.20. The molecule has 82 valence electrons. The van der Waals surface area contributed by atoms with E-state index in [9.17, 15) is 17.7 Å². The lowest BCUT2D eigenvalue weighted by molar-refractivity contribution is -0.128. The van der Waals surface area contributed by atoms with Crippen molar-refractivity contribution in [3.05, 3.63) is 0 Å². The van der Waals surface area contributed by atoms with Gasteiger partial charge in [0.05, 0.1) is 13.2 Å². The van der Waals surface area contributed by atoms with E-state index >= 15 is 0 Å². The van der Waals surface area contributed by atoms with Crippen LogP contribution >= 0.6 is 0 Å². The second-order valence-corrected chi connectivity index (χ2v) is 3.20. The Hall–Kier alpha value is -0.755. The summed E-state index contributed by atoms with van der Waals surface area (Å²) in [6.45, 7) is -4.68. The molecule has 0 bridgehead atoms. The second kappa shape index (κ2) is 4.18. The van der Waals surface area contributed by atoms with Gasteiger partial charge in [-0.3, -0.25) is 4.79 Å². The molecule has 1 heterocycles. The van der Waals surface area contributed by atoms with Crippen LogP contribution in [0.15, 0.2) is 0 Å². The molecule has 1 amide bonds. The fourth-order valence-electron chi connectivity index (χ4n) is 1.38. The lowest BCUT2D eigenvalue weighted by Crippen LogP contribution is -2.55. The third-order valence-electron chi connectivity index (χ3n) is 2.01. The van der Waals surface area contributed by atoms with Crippen LogP contribution in [0.25, 0.3) is 0 Å². The highest BCUT2D eigenvalue weighted by Gasteiger charge is 2.34. The molecule has 0 spiro atoms. The molecule has 1 unspecified atom stereocenters. The highest BCUT2D eigenvalue weighted by molar-refractivity contribution is 6.58. The van der Waals surface area contributed by atoms with Gasteiger partial charge in [0.25, 0.3) is 0 Å². The molecule has 0 aromatic rings. The number of nitrogens with zero attached hydrogens (tertiary/aromatic N) is 1. The monoisotopic (exact) mass is 211 g/mol. The summed E-state index contributed by atoms with van der Waals surface area (Å²) in [7, 11) is 0. The molecule has 0 aromatic carbocycles. The van der Waals surface area contributed by atoms with Gasteiger partial charge in [-0.05, 0) is 6.44 Å². The maximum atomic E-state index is 12.1. The van der Waals surface area contributed by atoms with Crippen molar-refractivity contribution in [3.63, 3.8) is 0 Å². The van der Waals surface area contributed by atoms with Crippen molar-refractivity contribution < 1.29 is 22.5 Å². The number of nitrogens with two attached hydrogens (primary N) is 1. The van der Waals surface area contributed by atoms with Gasteiger partial charge in [0.15, 0.2) is 0 Å². The van der Waals surface area contributed by atoms with Crippen molar-refractivity contribution in [1.82, 2.24) is 4.90 Å². The zero-order valence-electron chi connectivity index (χ0n) is 7.46. The van der Waals surface area contributed by atoms with Gasteiger partial charge in [-0.2, -0.15) is 0 Å². The molecule has 8 heteroatoms. The summed E-state index contributed by atoms with van der Waals surface area (Å²) >= 11 is 0. The van der Waals surface area contributed by atoms with Crippen molar-refractivity contribution in [1.29, 1.82) is 0 Å². The normalized spacial score (nSPS) is 24.9. The Balaban J connectivity index is 2.59. The Labute approximate surface area is 79.2 Å². The number of halogens is 3. The standard InChI is InChI=1S/C6H11BF3N2O2/c8-7(9,10)4-12-1-2-14-3-5(12)6(11)13/h5H,1-4H2,(H2,11,13)/q-1. The van der Waals surface area contributed by atoms with Crippen molar-refractivity contribution in [2.75, 3.05) is 26.2 Å². The maximum Gasteiger partial charge on any atom is 0.492 e.